The molecule has 24 heavy (non-hydrogen) atoms. The second-order valence-electron chi connectivity index (χ2n) is 6.99. The van der Waals surface area contributed by atoms with Gasteiger partial charge < -0.3 is 14.8 Å². The van der Waals surface area contributed by atoms with Crippen LogP contribution in [0.3, 0.4) is 0 Å². The Hall–Kier alpha value is -1.05. The van der Waals surface area contributed by atoms with E-state index in [1.165, 1.54) is 25.7 Å². The number of rotatable bonds is 5. The summed E-state index contributed by atoms with van der Waals surface area (Å²) in [4.78, 5) is 20.7. The molecule has 1 saturated carbocycles. The molecule has 2 aliphatic rings. The highest BCUT2D eigenvalue weighted by molar-refractivity contribution is 9.10. The van der Waals surface area contributed by atoms with Crippen LogP contribution in [0.4, 0.5) is 5.82 Å². The summed E-state index contributed by atoms with van der Waals surface area (Å²) in [6, 6.07) is 0. The molecular formula is C17H24BrN3O3. The minimum Gasteiger partial charge on any atom is -0.347 e. The Balaban J connectivity index is 1.53. The lowest BCUT2D eigenvalue weighted by Crippen LogP contribution is -2.25. The maximum absolute atomic E-state index is 12.3. The van der Waals surface area contributed by atoms with Gasteiger partial charge in [-0.2, -0.15) is 0 Å². The van der Waals surface area contributed by atoms with Gasteiger partial charge >= 0.3 is 0 Å². The predicted octanol–water partition coefficient (Wildman–Crippen LogP) is 3.58. The van der Waals surface area contributed by atoms with E-state index in [2.05, 4.69) is 31.2 Å². The number of aromatic nitrogens is 2. The number of hydrogen-bond acceptors (Lipinski definition) is 5. The van der Waals surface area contributed by atoms with E-state index in [4.69, 9.17) is 9.47 Å². The lowest BCUT2D eigenvalue weighted by atomic mass is 10.0. The van der Waals surface area contributed by atoms with Gasteiger partial charge in [-0.15, -0.1) is 0 Å². The number of nitrogens with zero attached hydrogens (tertiary/aromatic N) is 2. The number of halogens is 1. The topological polar surface area (TPSA) is 73.3 Å². The molecule has 1 saturated heterocycles. The molecule has 1 amide bonds. The van der Waals surface area contributed by atoms with E-state index in [0.29, 0.717) is 24.0 Å². The van der Waals surface area contributed by atoms with Crippen molar-refractivity contribution in [2.45, 2.75) is 62.7 Å². The summed E-state index contributed by atoms with van der Waals surface area (Å²) in [5.74, 6) is 0.447. The van der Waals surface area contributed by atoms with Crippen LogP contribution in [-0.4, -0.2) is 33.1 Å². The third-order valence-electron chi connectivity index (χ3n) is 4.56. The summed E-state index contributed by atoms with van der Waals surface area (Å²) in [5.41, 5.74) is 0.708. The van der Waals surface area contributed by atoms with E-state index in [0.717, 1.165) is 6.42 Å². The van der Waals surface area contributed by atoms with Crippen LogP contribution in [0.2, 0.25) is 0 Å². The molecular weight excluding hydrogens is 374 g/mol. The Labute approximate surface area is 150 Å². The molecule has 0 radical (unpaired) electrons. The van der Waals surface area contributed by atoms with Gasteiger partial charge in [0, 0.05) is 0 Å². The molecule has 2 atom stereocenters. The van der Waals surface area contributed by atoms with Crippen molar-refractivity contribution in [3.8, 4) is 0 Å². The van der Waals surface area contributed by atoms with Gasteiger partial charge in [0.1, 0.15) is 6.10 Å². The standard InChI is InChI=1S/C17H24BrN3O3/c1-17(2)23-10-14(24-17)13-8-20-15(9-19-13)21-16(22)12(18)7-11-5-3-4-6-11/h8-9,11-12,14H,3-7,10H2,1-2H3,(H,20,21,22)/t12?,14-/m0/s1. The largest absolute Gasteiger partial charge is 0.347 e. The minimum absolute atomic E-state index is 0.0643. The number of ether oxygens (including phenoxy) is 2. The van der Waals surface area contributed by atoms with Crippen LogP contribution >= 0.6 is 15.9 Å². The van der Waals surface area contributed by atoms with Crippen LogP contribution < -0.4 is 5.32 Å². The quantitative estimate of drug-likeness (QED) is 0.768. The molecule has 2 heterocycles. The average Bonchev–Trinajstić information content (AvgIpc) is 3.17. The second-order valence-corrected chi connectivity index (χ2v) is 8.09. The number of amides is 1. The maximum atomic E-state index is 12.3. The summed E-state index contributed by atoms with van der Waals surface area (Å²) in [6.45, 7) is 4.20. The van der Waals surface area contributed by atoms with Crippen molar-refractivity contribution in [2.24, 2.45) is 5.92 Å². The molecule has 1 aromatic heterocycles. The van der Waals surface area contributed by atoms with E-state index in [1.807, 2.05) is 13.8 Å². The summed E-state index contributed by atoms with van der Waals surface area (Å²) in [7, 11) is 0. The highest BCUT2D eigenvalue weighted by atomic mass is 79.9. The summed E-state index contributed by atoms with van der Waals surface area (Å²) < 4.78 is 11.3. The van der Waals surface area contributed by atoms with Crippen molar-refractivity contribution in [3.05, 3.63) is 18.1 Å². The van der Waals surface area contributed by atoms with Gasteiger partial charge in [-0.1, -0.05) is 41.6 Å². The number of carbonyl (C=O) groups is 1. The van der Waals surface area contributed by atoms with Gasteiger partial charge in [0.25, 0.3) is 0 Å². The van der Waals surface area contributed by atoms with Gasteiger partial charge in [0.2, 0.25) is 5.91 Å². The highest BCUT2D eigenvalue weighted by Gasteiger charge is 2.34. The van der Waals surface area contributed by atoms with E-state index in [1.54, 1.807) is 12.4 Å². The number of alkyl halides is 1. The van der Waals surface area contributed by atoms with Gasteiger partial charge in [0.15, 0.2) is 11.6 Å². The Morgan fingerprint density at radius 1 is 1.38 bits per heavy atom. The number of anilines is 1. The zero-order valence-corrected chi connectivity index (χ0v) is 15.7. The SMILES string of the molecule is CC1(C)OC[C@@H](c2cnc(NC(=O)C(Br)CC3CCCC3)cn2)O1. The first-order chi connectivity index (χ1) is 11.4. The van der Waals surface area contributed by atoms with Crippen LogP contribution in [0.25, 0.3) is 0 Å². The van der Waals surface area contributed by atoms with E-state index >= 15 is 0 Å². The van der Waals surface area contributed by atoms with Gasteiger partial charge in [0.05, 0.1) is 29.5 Å². The third kappa shape index (κ3) is 4.52. The summed E-state index contributed by atoms with van der Waals surface area (Å²) >= 11 is 3.49. The van der Waals surface area contributed by atoms with Gasteiger partial charge in [-0.25, -0.2) is 4.98 Å². The Morgan fingerprint density at radius 3 is 2.71 bits per heavy atom. The van der Waals surface area contributed by atoms with Crippen molar-refractivity contribution in [3.63, 3.8) is 0 Å². The average molecular weight is 398 g/mol. The normalized spacial score (nSPS) is 24.9. The van der Waals surface area contributed by atoms with Crippen LogP contribution in [0.1, 0.15) is 57.7 Å². The molecule has 132 valence electrons. The summed E-state index contributed by atoms with van der Waals surface area (Å²) in [6.07, 6.45) is 8.87. The number of hydrogen-bond donors (Lipinski definition) is 1. The van der Waals surface area contributed by atoms with Crippen molar-refractivity contribution >= 4 is 27.7 Å². The third-order valence-corrected chi connectivity index (χ3v) is 5.35. The molecule has 1 aromatic rings. The van der Waals surface area contributed by atoms with E-state index in [9.17, 15) is 4.79 Å². The molecule has 0 aromatic carbocycles. The number of carbonyl (C=O) groups excluding carboxylic acids is 1. The first kappa shape index (κ1) is 17.8. The zero-order chi connectivity index (χ0) is 17.2. The van der Waals surface area contributed by atoms with Gasteiger partial charge in [-0.3, -0.25) is 9.78 Å². The van der Waals surface area contributed by atoms with Crippen LogP contribution in [0.15, 0.2) is 12.4 Å². The molecule has 1 unspecified atom stereocenters. The van der Waals surface area contributed by atoms with Crippen LogP contribution in [-0.2, 0) is 14.3 Å². The molecule has 0 bridgehead atoms. The fourth-order valence-electron chi connectivity index (χ4n) is 3.25. The van der Waals surface area contributed by atoms with Crippen LogP contribution in [0, 0.1) is 5.92 Å². The molecule has 1 N–H and O–H groups in total. The molecule has 1 aliphatic carbocycles. The molecule has 2 fully saturated rings. The molecule has 7 heteroatoms. The first-order valence-electron chi connectivity index (χ1n) is 8.51. The van der Waals surface area contributed by atoms with Crippen molar-refractivity contribution < 1.29 is 14.3 Å². The fraction of sp³-hybridized carbons (Fsp3) is 0.706. The highest BCUT2D eigenvalue weighted by Crippen LogP contribution is 2.32. The Kier molecular flexibility index (Phi) is 5.52. The van der Waals surface area contributed by atoms with Crippen molar-refractivity contribution in [2.75, 3.05) is 11.9 Å². The second kappa shape index (κ2) is 7.45. The lowest BCUT2D eigenvalue weighted by molar-refractivity contribution is -0.139. The molecule has 3 rings (SSSR count). The first-order valence-corrected chi connectivity index (χ1v) is 9.43. The molecule has 6 nitrogen and oxygen atoms in total. The van der Waals surface area contributed by atoms with E-state index < -0.39 is 5.79 Å². The Bertz CT molecular complexity index is 573. The maximum Gasteiger partial charge on any atom is 0.239 e. The fourth-order valence-corrected chi connectivity index (χ4v) is 3.90. The van der Waals surface area contributed by atoms with E-state index in [-0.39, 0.29) is 16.8 Å². The number of nitrogens with one attached hydrogen (secondary N) is 1. The molecule has 1 aliphatic heterocycles. The zero-order valence-electron chi connectivity index (χ0n) is 14.1. The van der Waals surface area contributed by atoms with Crippen molar-refractivity contribution in [1.29, 1.82) is 0 Å². The molecule has 0 spiro atoms. The van der Waals surface area contributed by atoms with Crippen molar-refractivity contribution in [1.82, 2.24) is 9.97 Å². The van der Waals surface area contributed by atoms with Gasteiger partial charge in [-0.05, 0) is 26.2 Å². The van der Waals surface area contributed by atoms with Crippen LogP contribution in [0.5, 0.6) is 0 Å². The minimum atomic E-state index is -0.595. The Morgan fingerprint density at radius 2 is 2.12 bits per heavy atom. The smallest absolute Gasteiger partial charge is 0.239 e. The summed E-state index contributed by atoms with van der Waals surface area (Å²) in [5, 5.41) is 2.82. The lowest BCUT2D eigenvalue weighted by Gasteiger charge is -2.17. The monoisotopic (exact) mass is 397 g/mol. The predicted molar refractivity (Wildman–Crippen MR) is 93.8 cm³/mol.